The summed E-state index contributed by atoms with van der Waals surface area (Å²) in [6.07, 6.45) is -0.943. The van der Waals surface area contributed by atoms with E-state index in [1.54, 1.807) is 38.1 Å². The second kappa shape index (κ2) is 9.36. The van der Waals surface area contributed by atoms with Crippen molar-refractivity contribution in [3.63, 3.8) is 0 Å². The summed E-state index contributed by atoms with van der Waals surface area (Å²) >= 11 is 0. The molecule has 1 atom stereocenters. The maximum Gasteiger partial charge on any atom is 0.348 e. The Kier molecular flexibility index (Phi) is 6.81. The van der Waals surface area contributed by atoms with Gasteiger partial charge in [0.05, 0.1) is 24.2 Å². The second-order valence-electron chi connectivity index (χ2n) is 7.14. The normalized spacial score (nSPS) is 15.7. The number of carbonyl (C=O) groups excluding carboxylic acids is 2. The highest BCUT2D eigenvalue weighted by Gasteiger charge is 2.34. The zero-order valence-corrected chi connectivity index (χ0v) is 18.2. The molecule has 10 heteroatoms. The maximum absolute atomic E-state index is 12.8. The summed E-state index contributed by atoms with van der Waals surface area (Å²) in [5.41, 5.74) is 0.525. The number of anilines is 1. The van der Waals surface area contributed by atoms with E-state index in [-0.39, 0.29) is 30.0 Å². The van der Waals surface area contributed by atoms with Gasteiger partial charge in [-0.05, 0) is 50.2 Å². The lowest BCUT2D eigenvalue weighted by molar-refractivity contribution is -0.148. The van der Waals surface area contributed by atoms with Crippen molar-refractivity contribution in [1.82, 2.24) is 4.72 Å². The number of ether oxygens (including phenoxy) is 3. The molecule has 1 amide bonds. The van der Waals surface area contributed by atoms with Crippen LogP contribution in [0, 0.1) is 0 Å². The molecule has 0 saturated heterocycles. The van der Waals surface area contributed by atoms with Gasteiger partial charge in [-0.2, -0.15) is 0 Å². The van der Waals surface area contributed by atoms with Crippen LogP contribution < -0.4 is 19.1 Å². The maximum atomic E-state index is 12.8. The van der Waals surface area contributed by atoms with Gasteiger partial charge in [0.1, 0.15) is 11.5 Å². The van der Waals surface area contributed by atoms with Gasteiger partial charge in [0.15, 0.2) is 6.61 Å². The minimum Gasteiger partial charge on any atom is -0.484 e. The van der Waals surface area contributed by atoms with Crippen LogP contribution in [0.4, 0.5) is 5.69 Å². The molecule has 1 aliphatic heterocycles. The highest BCUT2D eigenvalue weighted by molar-refractivity contribution is 7.89. The summed E-state index contributed by atoms with van der Waals surface area (Å²) in [4.78, 5) is 26.3. The number of nitrogens with one attached hydrogen (secondary N) is 1. The molecular formula is C21H24N2O7S. The predicted molar refractivity (Wildman–Crippen MR) is 113 cm³/mol. The van der Waals surface area contributed by atoms with Crippen molar-refractivity contribution in [1.29, 1.82) is 0 Å². The Labute approximate surface area is 181 Å². The van der Waals surface area contributed by atoms with E-state index in [4.69, 9.17) is 14.2 Å². The molecule has 1 heterocycles. The summed E-state index contributed by atoms with van der Waals surface area (Å²) in [6, 6.07) is 12.4. The minimum absolute atomic E-state index is 0.00999. The summed E-state index contributed by atoms with van der Waals surface area (Å²) in [7, 11) is -2.36. The molecule has 31 heavy (non-hydrogen) atoms. The molecular weight excluding hydrogens is 424 g/mol. The van der Waals surface area contributed by atoms with Crippen molar-refractivity contribution in [2.75, 3.05) is 25.2 Å². The molecule has 1 aliphatic rings. The van der Waals surface area contributed by atoms with Crippen molar-refractivity contribution < 1.29 is 32.2 Å². The van der Waals surface area contributed by atoms with Crippen molar-refractivity contribution >= 4 is 27.6 Å². The lowest BCUT2D eigenvalue weighted by atomic mass is 10.2. The molecule has 0 aliphatic carbocycles. The van der Waals surface area contributed by atoms with Gasteiger partial charge in [-0.15, -0.1) is 0 Å². The fraction of sp³-hybridized carbons (Fsp3) is 0.333. The molecule has 3 rings (SSSR count). The van der Waals surface area contributed by atoms with Gasteiger partial charge in [0.25, 0.3) is 5.91 Å². The Bertz CT molecular complexity index is 1050. The van der Waals surface area contributed by atoms with Gasteiger partial charge >= 0.3 is 5.97 Å². The Balaban J connectivity index is 1.69. The van der Waals surface area contributed by atoms with E-state index in [9.17, 15) is 18.0 Å². The number of methoxy groups -OCH3 is 1. The summed E-state index contributed by atoms with van der Waals surface area (Å²) in [5.74, 6) is -0.240. The van der Waals surface area contributed by atoms with Crippen molar-refractivity contribution in [3.05, 3.63) is 48.5 Å². The van der Waals surface area contributed by atoms with Gasteiger partial charge in [-0.1, -0.05) is 12.1 Å². The van der Waals surface area contributed by atoms with Crippen LogP contribution in [0.5, 0.6) is 11.5 Å². The quantitative estimate of drug-likeness (QED) is 0.642. The number of esters is 1. The minimum atomic E-state index is -3.61. The molecule has 9 nitrogen and oxygen atoms in total. The predicted octanol–water partition coefficient (Wildman–Crippen LogP) is 1.72. The molecule has 2 aromatic rings. The number of fused-ring (bicyclic) bond motifs is 1. The number of hydrogen-bond donors (Lipinski definition) is 1. The zero-order valence-electron chi connectivity index (χ0n) is 17.4. The second-order valence-corrected chi connectivity index (χ2v) is 8.85. The van der Waals surface area contributed by atoms with Crippen LogP contribution in [-0.4, -0.2) is 52.7 Å². The van der Waals surface area contributed by atoms with Crippen LogP contribution in [0.2, 0.25) is 0 Å². The Morgan fingerprint density at radius 1 is 1.16 bits per heavy atom. The monoisotopic (exact) mass is 448 g/mol. The number of amides is 1. The molecule has 0 radical (unpaired) electrons. The average molecular weight is 448 g/mol. The molecule has 0 bridgehead atoms. The first-order valence-corrected chi connectivity index (χ1v) is 11.1. The first kappa shape index (κ1) is 22.6. The van der Waals surface area contributed by atoms with E-state index in [0.717, 1.165) is 0 Å². The Morgan fingerprint density at radius 3 is 2.48 bits per heavy atom. The molecule has 0 aromatic heterocycles. The fourth-order valence-electron chi connectivity index (χ4n) is 3.04. The third-order valence-corrected chi connectivity index (χ3v) is 6.10. The Morgan fingerprint density at radius 2 is 1.84 bits per heavy atom. The molecule has 0 fully saturated rings. The molecule has 1 N–H and O–H groups in total. The van der Waals surface area contributed by atoms with Crippen LogP contribution in [0.15, 0.2) is 53.4 Å². The summed E-state index contributed by atoms with van der Waals surface area (Å²) < 4.78 is 42.8. The molecule has 0 unspecified atom stereocenters. The van der Waals surface area contributed by atoms with E-state index in [2.05, 4.69) is 4.72 Å². The van der Waals surface area contributed by atoms with Crippen molar-refractivity contribution in [3.8, 4) is 11.5 Å². The average Bonchev–Trinajstić information content (AvgIpc) is 2.75. The van der Waals surface area contributed by atoms with Gasteiger partial charge in [-0.25, -0.2) is 17.9 Å². The van der Waals surface area contributed by atoms with Crippen LogP contribution in [0.3, 0.4) is 0 Å². The van der Waals surface area contributed by atoms with Gasteiger partial charge in [0.2, 0.25) is 16.1 Å². The fourth-order valence-corrected chi connectivity index (χ4v) is 4.29. The summed E-state index contributed by atoms with van der Waals surface area (Å²) in [5, 5.41) is 0. The van der Waals surface area contributed by atoms with E-state index in [1.165, 1.54) is 36.3 Å². The van der Waals surface area contributed by atoms with E-state index in [0.29, 0.717) is 17.2 Å². The van der Waals surface area contributed by atoms with Gasteiger partial charge < -0.3 is 19.1 Å². The number of sulfonamides is 1. The van der Waals surface area contributed by atoms with E-state index in [1.807, 2.05) is 0 Å². The smallest absolute Gasteiger partial charge is 0.348 e. The number of hydrogen-bond acceptors (Lipinski definition) is 7. The summed E-state index contributed by atoms with van der Waals surface area (Å²) in [6.45, 7) is 3.15. The number of carbonyl (C=O) groups is 2. The number of rotatable bonds is 7. The highest BCUT2D eigenvalue weighted by Crippen LogP contribution is 2.33. The molecule has 0 spiro atoms. The zero-order chi connectivity index (χ0) is 22.6. The largest absolute Gasteiger partial charge is 0.484 e. The molecule has 166 valence electrons. The third-order valence-electron chi connectivity index (χ3n) is 4.43. The first-order valence-electron chi connectivity index (χ1n) is 9.60. The number of benzene rings is 2. The van der Waals surface area contributed by atoms with Crippen LogP contribution >= 0.6 is 0 Å². The van der Waals surface area contributed by atoms with E-state index >= 15 is 0 Å². The van der Waals surface area contributed by atoms with Crippen LogP contribution in [0.25, 0.3) is 0 Å². The van der Waals surface area contributed by atoms with Crippen molar-refractivity contribution in [2.24, 2.45) is 0 Å². The topological polar surface area (TPSA) is 111 Å². The Hall–Kier alpha value is -3.11. The van der Waals surface area contributed by atoms with Crippen molar-refractivity contribution in [2.45, 2.75) is 30.9 Å². The third kappa shape index (κ3) is 5.33. The van der Waals surface area contributed by atoms with Crippen LogP contribution in [0.1, 0.15) is 13.8 Å². The van der Waals surface area contributed by atoms with Gasteiger partial charge in [-0.3, -0.25) is 4.79 Å². The van der Waals surface area contributed by atoms with Crippen LogP contribution in [-0.2, 0) is 24.3 Å². The molecule has 2 aromatic carbocycles. The molecule has 0 saturated carbocycles. The number of nitrogens with zero attached hydrogens (tertiary/aromatic N) is 1. The van der Waals surface area contributed by atoms with E-state index < -0.39 is 22.1 Å². The lowest BCUT2D eigenvalue weighted by Crippen LogP contribution is -2.48. The van der Waals surface area contributed by atoms with Gasteiger partial charge in [0, 0.05) is 6.04 Å². The first-order chi connectivity index (χ1) is 14.7. The lowest BCUT2D eigenvalue weighted by Gasteiger charge is -2.33. The highest BCUT2D eigenvalue weighted by atomic mass is 32.2. The standard InChI is InChI=1S/C21H24N2O7S/c1-14(2)22-31(26,27)16-10-8-15(9-11-16)29-13-20(24)23-12-19(21(25)28-3)30-18-7-5-4-6-17(18)23/h4-11,14,19,22H,12-13H2,1-3H3/t19-/m1/s1. The number of para-hydroxylation sites is 2. The SMILES string of the molecule is COC(=O)[C@H]1CN(C(=O)COc2ccc(S(=O)(=O)NC(C)C)cc2)c2ccccc2O1.